The standard InChI is InChI=1S/C51H38N2O/c1-51(2)45-31-28-40(33-44(45)50-46(51)24-15-25-47(50)53(38-20-11-5-12-21-38)39-22-13-6-14-23-39)52(37-18-9-4-10-19-37)41-27-30-43-42-29-26-36(35-16-7-3-8-17-35)32-48(42)54-49(43)34-41/h3-34H,1-2H3. The fourth-order valence-electron chi connectivity index (χ4n) is 8.42. The monoisotopic (exact) mass is 694 g/mol. The SMILES string of the molecule is CC1(C)c2ccc(N(c3ccccc3)c3ccc4c(c3)oc3cc(-c5ccccc5)ccc34)cc2-c2c(N(c3ccccc3)c3ccccc3)cccc21. The van der Waals surface area contributed by atoms with Crippen molar-refractivity contribution in [3.8, 4) is 22.3 Å². The molecule has 1 aromatic heterocycles. The van der Waals surface area contributed by atoms with Gasteiger partial charge in [0.1, 0.15) is 11.2 Å². The van der Waals surface area contributed by atoms with E-state index < -0.39 is 0 Å². The van der Waals surface area contributed by atoms with E-state index in [1.807, 2.05) is 6.07 Å². The average molecular weight is 695 g/mol. The molecule has 0 fully saturated rings. The Morgan fingerprint density at radius 3 is 1.57 bits per heavy atom. The highest BCUT2D eigenvalue weighted by Crippen LogP contribution is 2.55. The van der Waals surface area contributed by atoms with Gasteiger partial charge in [0.05, 0.1) is 5.69 Å². The van der Waals surface area contributed by atoms with Crippen molar-refractivity contribution in [1.29, 1.82) is 0 Å². The molecule has 3 heteroatoms. The van der Waals surface area contributed by atoms with Gasteiger partial charge in [-0.3, -0.25) is 0 Å². The van der Waals surface area contributed by atoms with Crippen LogP contribution in [0, 0.1) is 0 Å². The lowest BCUT2D eigenvalue weighted by Crippen LogP contribution is -2.16. The Morgan fingerprint density at radius 1 is 0.389 bits per heavy atom. The summed E-state index contributed by atoms with van der Waals surface area (Å²) in [7, 11) is 0. The van der Waals surface area contributed by atoms with Crippen molar-refractivity contribution in [2.24, 2.45) is 0 Å². The lowest BCUT2D eigenvalue weighted by Gasteiger charge is -2.29. The Kier molecular flexibility index (Phi) is 7.48. The van der Waals surface area contributed by atoms with E-state index in [1.54, 1.807) is 0 Å². The number of hydrogen-bond donors (Lipinski definition) is 0. The molecule has 1 aliphatic rings. The lowest BCUT2D eigenvalue weighted by molar-refractivity contribution is 0.660. The zero-order chi connectivity index (χ0) is 36.2. The van der Waals surface area contributed by atoms with Crippen molar-refractivity contribution in [2.75, 3.05) is 9.80 Å². The number of hydrogen-bond acceptors (Lipinski definition) is 3. The van der Waals surface area contributed by atoms with Crippen LogP contribution in [-0.2, 0) is 5.41 Å². The first kappa shape index (κ1) is 31.9. The van der Waals surface area contributed by atoms with Gasteiger partial charge in [-0.25, -0.2) is 0 Å². The second-order valence-electron chi connectivity index (χ2n) is 14.6. The van der Waals surface area contributed by atoms with Crippen LogP contribution in [0.25, 0.3) is 44.2 Å². The molecule has 0 saturated heterocycles. The minimum atomic E-state index is -0.179. The highest BCUT2D eigenvalue weighted by Gasteiger charge is 2.38. The van der Waals surface area contributed by atoms with Crippen LogP contribution >= 0.6 is 0 Å². The molecule has 0 amide bonds. The number of benzene rings is 8. The first-order chi connectivity index (χ1) is 26.5. The molecule has 0 saturated carbocycles. The van der Waals surface area contributed by atoms with Gasteiger partial charge in [-0.05, 0) is 107 Å². The fourth-order valence-corrected chi connectivity index (χ4v) is 8.42. The fraction of sp³-hybridized carbons (Fsp3) is 0.0588. The average Bonchev–Trinajstić information content (AvgIpc) is 3.70. The van der Waals surface area contributed by atoms with E-state index in [0.29, 0.717) is 0 Å². The van der Waals surface area contributed by atoms with Gasteiger partial charge in [-0.15, -0.1) is 0 Å². The number of furan rings is 1. The van der Waals surface area contributed by atoms with Gasteiger partial charge in [-0.2, -0.15) is 0 Å². The topological polar surface area (TPSA) is 19.6 Å². The minimum Gasteiger partial charge on any atom is -0.456 e. The van der Waals surface area contributed by atoms with Gasteiger partial charge in [0.15, 0.2) is 0 Å². The van der Waals surface area contributed by atoms with Crippen molar-refractivity contribution in [1.82, 2.24) is 0 Å². The number of fused-ring (bicyclic) bond motifs is 6. The van der Waals surface area contributed by atoms with Crippen molar-refractivity contribution in [3.05, 3.63) is 205 Å². The number of nitrogens with zero attached hydrogens (tertiary/aromatic N) is 2. The predicted octanol–water partition coefficient (Wildman–Crippen LogP) is 14.5. The maximum atomic E-state index is 6.62. The summed E-state index contributed by atoms with van der Waals surface area (Å²) in [4.78, 5) is 4.74. The molecule has 1 heterocycles. The van der Waals surface area contributed by atoms with Crippen LogP contribution in [0.3, 0.4) is 0 Å². The Morgan fingerprint density at radius 2 is 0.926 bits per heavy atom. The molecule has 0 aliphatic heterocycles. The summed E-state index contributed by atoms with van der Waals surface area (Å²) in [5.74, 6) is 0. The molecular formula is C51H38N2O. The van der Waals surface area contributed by atoms with Gasteiger partial charge in [-0.1, -0.05) is 123 Å². The molecule has 10 rings (SSSR count). The first-order valence-electron chi connectivity index (χ1n) is 18.6. The van der Waals surface area contributed by atoms with Gasteiger partial charge in [0.2, 0.25) is 0 Å². The van der Waals surface area contributed by atoms with E-state index >= 15 is 0 Å². The summed E-state index contributed by atoms with van der Waals surface area (Å²) in [6.45, 7) is 4.70. The molecule has 0 radical (unpaired) electrons. The van der Waals surface area contributed by atoms with E-state index in [4.69, 9.17) is 4.42 Å². The summed E-state index contributed by atoms with van der Waals surface area (Å²) >= 11 is 0. The molecule has 258 valence electrons. The maximum Gasteiger partial charge on any atom is 0.137 e. The van der Waals surface area contributed by atoms with Crippen LogP contribution in [0.4, 0.5) is 34.1 Å². The largest absolute Gasteiger partial charge is 0.456 e. The Labute approximate surface area is 316 Å². The second kappa shape index (κ2) is 12.7. The van der Waals surface area contributed by atoms with Crippen molar-refractivity contribution >= 4 is 56.1 Å². The Bertz CT molecular complexity index is 2750. The van der Waals surface area contributed by atoms with Crippen LogP contribution in [0.5, 0.6) is 0 Å². The smallest absolute Gasteiger partial charge is 0.137 e. The highest BCUT2D eigenvalue weighted by molar-refractivity contribution is 6.07. The van der Waals surface area contributed by atoms with Crippen LogP contribution in [0.1, 0.15) is 25.0 Å². The van der Waals surface area contributed by atoms with Crippen LogP contribution in [0.2, 0.25) is 0 Å². The molecule has 9 aromatic rings. The lowest BCUT2D eigenvalue weighted by atomic mass is 9.82. The molecule has 54 heavy (non-hydrogen) atoms. The van der Waals surface area contributed by atoms with E-state index in [9.17, 15) is 0 Å². The number of rotatable bonds is 7. The molecule has 0 N–H and O–H groups in total. The van der Waals surface area contributed by atoms with Crippen molar-refractivity contribution < 1.29 is 4.42 Å². The molecular weight excluding hydrogens is 657 g/mol. The summed E-state index contributed by atoms with van der Waals surface area (Å²) in [5.41, 5.74) is 15.7. The summed E-state index contributed by atoms with van der Waals surface area (Å²) in [5, 5.41) is 2.23. The molecule has 8 aromatic carbocycles. The third-order valence-corrected chi connectivity index (χ3v) is 11.0. The third-order valence-electron chi connectivity index (χ3n) is 11.0. The zero-order valence-corrected chi connectivity index (χ0v) is 30.3. The Balaban J connectivity index is 1.14. The van der Waals surface area contributed by atoms with Gasteiger partial charge >= 0.3 is 0 Å². The number of para-hydroxylation sites is 3. The van der Waals surface area contributed by atoms with Gasteiger partial charge in [0, 0.05) is 56.3 Å². The molecule has 1 aliphatic carbocycles. The quantitative estimate of drug-likeness (QED) is 0.166. The molecule has 0 unspecified atom stereocenters. The zero-order valence-electron chi connectivity index (χ0n) is 30.3. The molecule has 0 atom stereocenters. The molecule has 0 spiro atoms. The van der Waals surface area contributed by atoms with Crippen LogP contribution in [0.15, 0.2) is 199 Å². The summed E-state index contributed by atoms with van der Waals surface area (Å²) in [6.07, 6.45) is 0. The van der Waals surface area contributed by atoms with Crippen LogP contribution in [-0.4, -0.2) is 0 Å². The van der Waals surface area contributed by atoms with Crippen molar-refractivity contribution in [3.63, 3.8) is 0 Å². The first-order valence-corrected chi connectivity index (χ1v) is 18.6. The Hall–Kier alpha value is -6.84. The third kappa shape index (κ3) is 5.20. The van der Waals surface area contributed by atoms with Gasteiger partial charge in [0.25, 0.3) is 0 Å². The van der Waals surface area contributed by atoms with Crippen molar-refractivity contribution in [2.45, 2.75) is 19.3 Å². The predicted molar refractivity (Wildman–Crippen MR) is 226 cm³/mol. The maximum absolute atomic E-state index is 6.62. The van der Waals surface area contributed by atoms with Gasteiger partial charge < -0.3 is 14.2 Å². The molecule has 0 bridgehead atoms. The summed E-state index contributed by atoms with van der Waals surface area (Å²) in [6, 6.07) is 69.4. The van der Waals surface area contributed by atoms with E-state index in [0.717, 1.165) is 55.9 Å². The van der Waals surface area contributed by atoms with E-state index in [1.165, 1.54) is 33.5 Å². The second-order valence-corrected chi connectivity index (χ2v) is 14.6. The minimum absolute atomic E-state index is 0.179. The number of anilines is 6. The molecule has 3 nitrogen and oxygen atoms in total. The highest BCUT2D eigenvalue weighted by atomic mass is 16.3. The summed E-state index contributed by atoms with van der Waals surface area (Å²) < 4.78 is 6.62. The van der Waals surface area contributed by atoms with E-state index in [2.05, 4.69) is 212 Å². The van der Waals surface area contributed by atoms with E-state index in [-0.39, 0.29) is 5.41 Å². The van der Waals surface area contributed by atoms with Crippen LogP contribution < -0.4 is 9.80 Å². The normalized spacial score (nSPS) is 12.8.